The Kier molecular flexibility index (Phi) is 6.88. The first-order valence-corrected chi connectivity index (χ1v) is 11.4. The molecular weight excluding hydrogens is 467 g/mol. The quantitative estimate of drug-likeness (QED) is 0.336. The van der Waals surface area contributed by atoms with E-state index in [4.69, 9.17) is 34.8 Å². The summed E-state index contributed by atoms with van der Waals surface area (Å²) in [6, 6.07) is 16.3. The topological polar surface area (TPSA) is 71.4 Å². The molecule has 0 unspecified atom stereocenters. The van der Waals surface area contributed by atoms with Crippen LogP contribution in [0.15, 0.2) is 71.6 Å². The third kappa shape index (κ3) is 5.43. The number of phenolic OH excluding ortho intramolecular Hbond substituents is 1. The molecule has 1 N–H and O–H groups in total. The van der Waals surface area contributed by atoms with Gasteiger partial charge in [-0.1, -0.05) is 53.0 Å². The van der Waals surface area contributed by atoms with Crippen LogP contribution in [0.25, 0.3) is 6.08 Å². The lowest BCUT2D eigenvalue weighted by Crippen LogP contribution is -2.16. The van der Waals surface area contributed by atoms with Crippen molar-refractivity contribution >= 4 is 56.5 Å². The lowest BCUT2D eigenvalue weighted by Gasteiger charge is -2.10. The fourth-order valence-corrected chi connectivity index (χ4v) is 4.63. The minimum atomic E-state index is -4.06. The highest BCUT2D eigenvalue weighted by molar-refractivity contribution is 7.95. The number of hydrogen-bond acceptors (Lipinski definition) is 4. The van der Waals surface area contributed by atoms with E-state index >= 15 is 0 Å². The second-order valence-corrected chi connectivity index (χ2v) is 9.65. The van der Waals surface area contributed by atoms with Gasteiger partial charge in [0.05, 0.1) is 15.8 Å². The average Bonchev–Trinajstić information content (AvgIpc) is 2.70. The summed E-state index contributed by atoms with van der Waals surface area (Å²) in [6.45, 7) is 0. The standard InChI is InChI=1S/C22H15Cl3O4S/c23-17-6-4-16(5-7-17)22(27)21(12-14-1-8-18(26)9-2-14)30(28,29)13-15-3-10-19(24)20(25)11-15/h1-12,26H,13H2/b21-12+. The van der Waals surface area contributed by atoms with Gasteiger partial charge in [0, 0.05) is 10.6 Å². The monoisotopic (exact) mass is 480 g/mol. The fourth-order valence-electron chi connectivity index (χ4n) is 2.69. The molecule has 0 bridgehead atoms. The maximum atomic E-state index is 13.2. The van der Waals surface area contributed by atoms with Crippen LogP contribution in [0, 0.1) is 0 Å². The third-order valence-electron chi connectivity index (χ3n) is 4.20. The maximum Gasteiger partial charge on any atom is 0.204 e. The summed E-state index contributed by atoms with van der Waals surface area (Å²) in [5.41, 5.74) is 1.02. The SMILES string of the molecule is O=C(/C(=C\c1ccc(O)cc1)S(=O)(=O)Cc1ccc(Cl)c(Cl)c1)c1ccc(Cl)cc1. The van der Waals surface area contributed by atoms with E-state index in [1.807, 2.05) is 0 Å². The van der Waals surface area contributed by atoms with Gasteiger partial charge in [-0.25, -0.2) is 8.42 Å². The molecule has 0 heterocycles. The zero-order valence-corrected chi connectivity index (χ0v) is 18.4. The van der Waals surface area contributed by atoms with Gasteiger partial charge in [-0.05, 0) is 65.7 Å². The summed E-state index contributed by atoms with van der Waals surface area (Å²) >= 11 is 17.8. The van der Waals surface area contributed by atoms with Crippen LogP contribution in [0.5, 0.6) is 5.75 Å². The smallest absolute Gasteiger partial charge is 0.204 e. The molecular formula is C22H15Cl3O4S. The number of rotatable bonds is 6. The molecule has 3 aromatic rings. The Morgan fingerprint density at radius 1 is 0.867 bits per heavy atom. The molecule has 0 spiro atoms. The summed E-state index contributed by atoms with van der Waals surface area (Å²) in [5.74, 6) is -1.08. The van der Waals surface area contributed by atoms with Gasteiger partial charge in [0.15, 0.2) is 9.84 Å². The third-order valence-corrected chi connectivity index (χ3v) is 6.87. The van der Waals surface area contributed by atoms with E-state index in [0.717, 1.165) is 0 Å². The van der Waals surface area contributed by atoms with Crippen molar-refractivity contribution in [2.45, 2.75) is 5.75 Å². The second-order valence-electron chi connectivity index (χ2n) is 6.44. The summed E-state index contributed by atoms with van der Waals surface area (Å²) in [5, 5.41) is 10.4. The molecule has 0 fully saturated rings. The van der Waals surface area contributed by atoms with Crippen LogP contribution in [0.2, 0.25) is 15.1 Å². The highest BCUT2D eigenvalue weighted by atomic mass is 35.5. The molecule has 4 nitrogen and oxygen atoms in total. The molecule has 0 saturated heterocycles. The minimum Gasteiger partial charge on any atom is -0.508 e. The number of benzene rings is 3. The van der Waals surface area contributed by atoms with E-state index in [1.54, 1.807) is 0 Å². The Morgan fingerprint density at radius 3 is 2.10 bits per heavy atom. The van der Waals surface area contributed by atoms with Gasteiger partial charge in [-0.15, -0.1) is 0 Å². The fraction of sp³-hybridized carbons (Fsp3) is 0.0455. The van der Waals surface area contributed by atoms with E-state index in [2.05, 4.69) is 0 Å². The van der Waals surface area contributed by atoms with Crippen molar-refractivity contribution in [3.63, 3.8) is 0 Å². The number of hydrogen-bond donors (Lipinski definition) is 1. The number of carbonyl (C=O) groups excluding carboxylic acids is 1. The van der Waals surface area contributed by atoms with E-state index in [9.17, 15) is 18.3 Å². The first kappa shape index (κ1) is 22.4. The van der Waals surface area contributed by atoms with Crippen LogP contribution < -0.4 is 0 Å². The van der Waals surface area contributed by atoms with Crippen LogP contribution in [0.3, 0.4) is 0 Å². The van der Waals surface area contributed by atoms with Crippen LogP contribution in [-0.4, -0.2) is 19.3 Å². The highest BCUT2D eigenvalue weighted by Gasteiger charge is 2.27. The molecule has 0 atom stereocenters. The number of ketones is 1. The molecule has 30 heavy (non-hydrogen) atoms. The molecule has 0 aromatic heterocycles. The van der Waals surface area contributed by atoms with Crippen molar-refractivity contribution in [1.29, 1.82) is 0 Å². The number of Topliss-reactive ketones (excluding diaryl/α,β-unsaturated/α-hetero) is 1. The van der Waals surface area contributed by atoms with Crippen molar-refractivity contribution in [3.05, 3.63) is 103 Å². The summed E-state index contributed by atoms with van der Waals surface area (Å²) in [4.78, 5) is 12.7. The van der Waals surface area contributed by atoms with E-state index < -0.39 is 21.4 Å². The predicted molar refractivity (Wildman–Crippen MR) is 121 cm³/mol. The maximum absolute atomic E-state index is 13.2. The van der Waals surface area contributed by atoms with Crippen molar-refractivity contribution in [1.82, 2.24) is 0 Å². The van der Waals surface area contributed by atoms with Crippen LogP contribution in [0.4, 0.5) is 0 Å². The van der Waals surface area contributed by atoms with Gasteiger partial charge in [0.1, 0.15) is 10.7 Å². The van der Waals surface area contributed by atoms with Crippen LogP contribution in [-0.2, 0) is 15.6 Å². The number of allylic oxidation sites excluding steroid dienone is 1. The normalized spacial score (nSPS) is 12.0. The number of carbonyl (C=O) groups is 1. The van der Waals surface area contributed by atoms with Crippen molar-refractivity contribution in [2.24, 2.45) is 0 Å². The Morgan fingerprint density at radius 2 is 1.50 bits per heavy atom. The summed E-state index contributed by atoms with van der Waals surface area (Å²) < 4.78 is 26.4. The van der Waals surface area contributed by atoms with Crippen molar-refractivity contribution < 1.29 is 18.3 Å². The lowest BCUT2D eigenvalue weighted by molar-refractivity contribution is 0.104. The molecule has 0 aliphatic rings. The molecule has 3 rings (SSSR count). The molecule has 3 aromatic carbocycles. The Bertz CT molecular complexity index is 1220. The van der Waals surface area contributed by atoms with Crippen LogP contribution in [0.1, 0.15) is 21.5 Å². The van der Waals surface area contributed by atoms with Crippen molar-refractivity contribution in [2.75, 3.05) is 0 Å². The number of sulfone groups is 1. The first-order chi connectivity index (χ1) is 14.2. The van der Waals surface area contributed by atoms with Gasteiger partial charge >= 0.3 is 0 Å². The Balaban J connectivity index is 2.07. The second kappa shape index (κ2) is 9.23. The molecule has 0 aliphatic heterocycles. The number of aromatic hydroxyl groups is 1. The minimum absolute atomic E-state index is 0.0244. The zero-order chi connectivity index (χ0) is 21.9. The molecule has 8 heteroatoms. The van der Waals surface area contributed by atoms with Gasteiger partial charge < -0.3 is 5.11 Å². The molecule has 154 valence electrons. The average molecular weight is 482 g/mol. The van der Waals surface area contributed by atoms with E-state index in [1.165, 1.54) is 72.8 Å². The van der Waals surface area contributed by atoms with Gasteiger partial charge in [0.2, 0.25) is 5.78 Å². The van der Waals surface area contributed by atoms with Gasteiger partial charge in [-0.3, -0.25) is 4.79 Å². The van der Waals surface area contributed by atoms with Gasteiger partial charge in [0.25, 0.3) is 0 Å². The summed E-state index contributed by atoms with van der Waals surface area (Å²) in [6.07, 6.45) is 1.28. The number of halogens is 3. The van der Waals surface area contributed by atoms with E-state index in [0.29, 0.717) is 21.2 Å². The molecule has 0 saturated carbocycles. The summed E-state index contributed by atoms with van der Waals surface area (Å²) in [7, 11) is -4.06. The Hall–Kier alpha value is -2.31. The molecule has 0 radical (unpaired) electrons. The number of phenols is 1. The van der Waals surface area contributed by atoms with Crippen molar-refractivity contribution in [3.8, 4) is 5.75 Å². The predicted octanol–water partition coefficient (Wildman–Crippen LogP) is 6.19. The largest absolute Gasteiger partial charge is 0.508 e. The lowest BCUT2D eigenvalue weighted by atomic mass is 10.1. The van der Waals surface area contributed by atoms with E-state index in [-0.39, 0.29) is 21.2 Å². The Labute approximate surface area is 189 Å². The zero-order valence-electron chi connectivity index (χ0n) is 15.3. The molecule has 0 amide bonds. The van der Waals surface area contributed by atoms with Crippen LogP contribution >= 0.6 is 34.8 Å². The van der Waals surface area contributed by atoms with Gasteiger partial charge in [-0.2, -0.15) is 0 Å². The first-order valence-electron chi connectivity index (χ1n) is 8.63. The highest BCUT2D eigenvalue weighted by Crippen LogP contribution is 2.27. The molecule has 0 aliphatic carbocycles.